The molecule has 0 atom stereocenters. The number of nitrogens with one attached hydrogen (secondary N) is 1. The van der Waals surface area contributed by atoms with Gasteiger partial charge in [-0.1, -0.05) is 23.9 Å². The van der Waals surface area contributed by atoms with Crippen LogP contribution in [0.3, 0.4) is 0 Å². The summed E-state index contributed by atoms with van der Waals surface area (Å²) in [6.07, 6.45) is 1.33. The molecule has 3 aromatic rings. The second-order valence-corrected chi connectivity index (χ2v) is 6.36. The molecule has 0 aliphatic rings. The van der Waals surface area contributed by atoms with Crippen molar-refractivity contribution in [1.29, 1.82) is 0 Å². The molecule has 0 saturated carbocycles. The SMILES string of the molecule is O=C(COC(=O)c1ccccc1-n1cnnn1)Nc1ccc(SC(F)F)cc1. The van der Waals surface area contributed by atoms with E-state index in [0.717, 1.165) is 0 Å². The van der Waals surface area contributed by atoms with Crippen molar-refractivity contribution in [3.63, 3.8) is 0 Å². The summed E-state index contributed by atoms with van der Waals surface area (Å²) in [5.74, 6) is -3.80. The van der Waals surface area contributed by atoms with Gasteiger partial charge in [0.15, 0.2) is 6.61 Å². The van der Waals surface area contributed by atoms with E-state index in [-0.39, 0.29) is 5.56 Å². The van der Waals surface area contributed by atoms with Crippen molar-refractivity contribution < 1.29 is 23.1 Å². The van der Waals surface area contributed by atoms with E-state index in [1.807, 2.05) is 0 Å². The number of alkyl halides is 2. The number of hydrogen-bond donors (Lipinski definition) is 1. The van der Waals surface area contributed by atoms with E-state index in [0.29, 0.717) is 28.0 Å². The third-order valence-electron chi connectivity index (χ3n) is 3.42. The molecule has 8 nitrogen and oxygen atoms in total. The number of anilines is 1. The fourth-order valence-corrected chi connectivity index (χ4v) is 2.74. The molecule has 0 aliphatic heterocycles. The molecular weight excluding hydrogens is 392 g/mol. The Hall–Kier alpha value is -3.34. The number of carbonyl (C=O) groups excluding carboxylic acids is 2. The highest BCUT2D eigenvalue weighted by atomic mass is 32.2. The quantitative estimate of drug-likeness (QED) is 0.477. The first-order valence-corrected chi connectivity index (χ1v) is 8.75. The van der Waals surface area contributed by atoms with Gasteiger partial charge in [0, 0.05) is 10.6 Å². The van der Waals surface area contributed by atoms with Gasteiger partial charge in [-0.05, 0) is 46.8 Å². The number of esters is 1. The monoisotopic (exact) mass is 405 g/mol. The molecule has 0 fully saturated rings. The molecule has 0 spiro atoms. The molecule has 144 valence electrons. The Morgan fingerprint density at radius 3 is 2.57 bits per heavy atom. The Labute approximate surface area is 161 Å². The molecular formula is C17H13F2N5O3S. The van der Waals surface area contributed by atoms with Gasteiger partial charge >= 0.3 is 5.97 Å². The number of tetrazole rings is 1. The largest absolute Gasteiger partial charge is 0.452 e. The summed E-state index contributed by atoms with van der Waals surface area (Å²) in [7, 11) is 0. The Balaban J connectivity index is 1.57. The lowest BCUT2D eigenvalue weighted by atomic mass is 10.2. The second-order valence-electron chi connectivity index (χ2n) is 5.30. The predicted octanol–water partition coefficient (Wildman–Crippen LogP) is 2.77. The third kappa shape index (κ3) is 5.10. The Morgan fingerprint density at radius 1 is 1.14 bits per heavy atom. The summed E-state index contributed by atoms with van der Waals surface area (Å²) < 4.78 is 30.9. The second kappa shape index (κ2) is 9.04. The Kier molecular flexibility index (Phi) is 6.27. The molecule has 1 heterocycles. The van der Waals surface area contributed by atoms with Gasteiger partial charge in [-0.15, -0.1) is 5.10 Å². The topological polar surface area (TPSA) is 99.0 Å². The molecule has 3 rings (SSSR count). The van der Waals surface area contributed by atoms with Gasteiger partial charge in [0.25, 0.3) is 11.7 Å². The average Bonchev–Trinajstić information content (AvgIpc) is 3.22. The molecule has 0 aliphatic carbocycles. The lowest BCUT2D eigenvalue weighted by Crippen LogP contribution is -2.21. The van der Waals surface area contributed by atoms with E-state index in [9.17, 15) is 18.4 Å². The maximum Gasteiger partial charge on any atom is 0.340 e. The van der Waals surface area contributed by atoms with Crippen LogP contribution in [0.4, 0.5) is 14.5 Å². The van der Waals surface area contributed by atoms with Crippen molar-refractivity contribution in [1.82, 2.24) is 20.2 Å². The fourth-order valence-electron chi connectivity index (χ4n) is 2.24. The van der Waals surface area contributed by atoms with E-state index in [4.69, 9.17) is 4.74 Å². The number of amides is 1. The fraction of sp³-hybridized carbons (Fsp3) is 0.118. The molecule has 0 radical (unpaired) electrons. The molecule has 11 heteroatoms. The van der Waals surface area contributed by atoms with E-state index >= 15 is 0 Å². The van der Waals surface area contributed by atoms with E-state index in [2.05, 4.69) is 20.8 Å². The maximum atomic E-state index is 12.3. The van der Waals surface area contributed by atoms with Crippen molar-refractivity contribution in [2.24, 2.45) is 0 Å². The molecule has 2 aromatic carbocycles. The van der Waals surface area contributed by atoms with Crippen LogP contribution in [0.25, 0.3) is 5.69 Å². The first-order valence-electron chi connectivity index (χ1n) is 7.87. The number of carbonyl (C=O) groups is 2. The van der Waals surface area contributed by atoms with Crippen molar-refractivity contribution in [3.05, 3.63) is 60.4 Å². The lowest BCUT2D eigenvalue weighted by molar-refractivity contribution is -0.119. The summed E-state index contributed by atoms with van der Waals surface area (Å²) >= 11 is 0.407. The van der Waals surface area contributed by atoms with Gasteiger partial charge in [-0.25, -0.2) is 4.79 Å². The van der Waals surface area contributed by atoms with Crippen LogP contribution in [0.15, 0.2) is 59.8 Å². The number of rotatable bonds is 7. The number of halogens is 2. The number of para-hydroxylation sites is 1. The van der Waals surface area contributed by atoms with Crippen LogP contribution in [0.1, 0.15) is 10.4 Å². The minimum Gasteiger partial charge on any atom is -0.452 e. The summed E-state index contributed by atoms with van der Waals surface area (Å²) in [6, 6.07) is 12.4. The predicted molar refractivity (Wildman–Crippen MR) is 96.4 cm³/mol. The van der Waals surface area contributed by atoms with Crippen LogP contribution >= 0.6 is 11.8 Å². The van der Waals surface area contributed by atoms with E-state index in [1.165, 1.54) is 41.3 Å². The van der Waals surface area contributed by atoms with Gasteiger partial charge in [-0.2, -0.15) is 13.5 Å². The highest BCUT2D eigenvalue weighted by Crippen LogP contribution is 2.26. The van der Waals surface area contributed by atoms with Crippen molar-refractivity contribution in [2.75, 3.05) is 11.9 Å². The molecule has 1 N–H and O–H groups in total. The average molecular weight is 405 g/mol. The van der Waals surface area contributed by atoms with Crippen LogP contribution in [0, 0.1) is 0 Å². The van der Waals surface area contributed by atoms with Gasteiger partial charge in [-0.3, -0.25) is 4.79 Å². The normalized spacial score (nSPS) is 10.7. The van der Waals surface area contributed by atoms with Crippen LogP contribution in [-0.4, -0.2) is 44.4 Å². The number of thioether (sulfide) groups is 1. The first-order chi connectivity index (χ1) is 13.5. The van der Waals surface area contributed by atoms with Crippen LogP contribution in [0.2, 0.25) is 0 Å². The maximum absolute atomic E-state index is 12.3. The Bertz CT molecular complexity index is 952. The van der Waals surface area contributed by atoms with Gasteiger partial charge in [0.1, 0.15) is 6.33 Å². The molecule has 0 unspecified atom stereocenters. The Morgan fingerprint density at radius 2 is 1.89 bits per heavy atom. The number of hydrogen-bond acceptors (Lipinski definition) is 7. The zero-order valence-corrected chi connectivity index (χ0v) is 15.0. The van der Waals surface area contributed by atoms with Crippen LogP contribution in [-0.2, 0) is 9.53 Å². The number of aromatic nitrogens is 4. The van der Waals surface area contributed by atoms with Gasteiger partial charge < -0.3 is 10.1 Å². The minimum absolute atomic E-state index is 0.191. The number of nitrogens with zero attached hydrogens (tertiary/aromatic N) is 4. The molecule has 0 bridgehead atoms. The minimum atomic E-state index is -2.52. The summed E-state index contributed by atoms with van der Waals surface area (Å²) in [5.41, 5.74) is 0.995. The zero-order valence-electron chi connectivity index (χ0n) is 14.2. The molecule has 1 aromatic heterocycles. The number of benzene rings is 2. The molecule has 1 amide bonds. The third-order valence-corrected chi connectivity index (χ3v) is 4.14. The van der Waals surface area contributed by atoms with E-state index < -0.39 is 24.2 Å². The first kappa shape index (κ1) is 19.4. The van der Waals surface area contributed by atoms with Crippen LogP contribution in [0.5, 0.6) is 0 Å². The standard InChI is InChI=1S/C17H13F2N5O3S/c18-17(19)28-12-7-5-11(6-8-12)21-15(25)9-27-16(26)13-3-1-2-4-14(13)24-10-20-22-23-24/h1-8,10,17H,9H2,(H,21,25). The summed E-state index contributed by atoms with van der Waals surface area (Å²) in [6.45, 7) is -0.518. The summed E-state index contributed by atoms with van der Waals surface area (Å²) in [4.78, 5) is 24.7. The lowest BCUT2D eigenvalue weighted by Gasteiger charge is -2.09. The smallest absolute Gasteiger partial charge is 0.340 e. The zero-order chi connectivity index (χ0) is 19.9. The highest BCUT2D eigenvalue weighted by molar-refractivity contribution is 7.99. The van der Waals surface area contributed by atoms with Crippen molar-refractivity contribution in [3.8, 4) is 5.69 Å². The summed E-state index contributed by atoms with van der Waals surface area (Å²) in [5, 5.41) is 13.3. The van der Waals surface area contributed by atoms with Crippen molar-refractivity contribution in [2.45, 2.75) is 10.7 Å². The molecule has 28 heavy (non-hydrogen) atoms. The highest BCUT2D eigenvalue weighted by Gasteiger charge is 2.16. The van der Waals surface area contributed by atoms with Crippen LogP contribution < -0.4 is 5.32 Å². The van der Waals surface area contributed by atoms with Gasteiger partial charge in [0.2, 0.25) is 0 Å². The van der Waals surface area contributed by atoms with E-state index in [1.54, 1.807) is 18.2 Å². The number of ether oxygens (including phenoxy) is 1. The molecule has 0 saturated heterocycles. The van der Waals surface area contributed by atoms with Crippen molar-refractivity contribution >= 4 is 29.3 Å². The van der Waals surface area contributed by atoms with Gasteiger partial charge in [0.05, 0.1) is 11.3 Å².